The van der Waals surface area contributed by atoms with Crippen LogP contribution >= 0.6 is 34.7 Å². The molecule has 0 radical (unpaired) electrons. The number of fused-ring (bicyclic) bond motifs is 1. The van der Waals surface area contributed by atoms with Crippen LogP contribution in [0.1, 0.15) is 10.4 Å². The molecule has 0 saturated carbocycles. The van der Waals surface area contributed by atoms with Gasteiger partial charge in [-0.25, -0.2) is 4.98 Å². The Balaban J connectivity index is 1.82. The number of thiazole rings is 1. The fourth-order valence-corrected chi connectivity index (χ4v) is 3.34. The summed E-state index contributed by atoms with van der Waals surface area (Å²) in [6.07, 6.45) is 3.26. The van der Waals surface area contributed by atoms with E-state index in [0.717, 1.165) is 10.5 Å². The number of halogens is 1. The maximum Gasteiger partial charge on any atom is 0.202 e. The molecule has 0 atom stereocenters. The highest BCUT2D eigenvalue weighted by molar-refractivity contribution is 8.04. The fraction of sp³-hybridized carbons (Fsp3) is 0. The zero-order valence-electron chi connectivity index (χ0n) is 9.01. The zero-order chi connectivity index (χ0) is 12.5. The van der Waals surface area contributed by atoms with Crippen molar-refractivity contribution >= 4 is 45.6 Å². The highest BCUT2D eigenvalue weighted by Gasteiger charge is 2.25. The van der Waals surface area contributed by atoms with Crippen LogP contribution in [0.4, 0.5) is 5.13 Å². The van der Waals surface area contributed by atoms with E-state index in [-0.39, 0.29) is 5.78 Å². The van der Waals surface area contributed by atoms with Crippen LogP contribution in [0.15, 0.2) is 46.5 Å². The molecule has 1 aliphatic rings. The average molecular weight is 295 g/mol. The Morgan fingerprint density at radius 3 is 2.89 bits per heavy atom. The number of hydrogen-bond acceptors (Lipinski definition) is 5. The quantitative estimate of drug-likeness (QED) is 0.849. The van der Waals surface area contributed by atoms with Gasteiger partial charge in [0.25, 0.3) is 0 Å². The molecule has 6 heteroatoms. The topological polar surface area (TPSA) is 42.0 Å². The molecule has 2 aromatic rings. The molecular weight excluding hydrogens is 288 g/mol. The van der Waals surface area contributed by atoms with Gasteiger partial charge in [-0.3, -0.25) is 4.79 Å². The van der Waals surface area contributed by atoms with Gasteiger partial charge in [0.1, 0.15) is 4.34 Å². The second kappa shape index (κ2) is 4.76. The Bertz CT molecular complexity index is 651. The summed E-state index contributed by atoms with van der Waals surface area (Å²) >= 11 is 8.58. The molecule has 0 saturated heterocycles. The lowest BCUT2D eigenvalue weighted by Crippen LogP contribution is -1.96. The molecule has 0 fully saturated rings. The highest BCUT2D eigenvalue weighted by atomic mass is 35.5. The number of hydrogen-bond donors (Lipinski definition) is 1. The first kappa shape index (κ1) is 11.8. The van der Waals surface area contributed by atoms with Crippen molar-refractivity contribution in [3.63, 3.8) is 0 Å². The van der Waals surface area contributed by atoms with E-state index < -0.39 is 0 Å². The van der Waals surface area contributed by atoms with Crippen LogP contribution in [0.2, 0.25) is 4.34 Å². The van der Waals surface area contributed by atoms with Crippen LogP contribution < -0.4 is 5.32 Å². The second-order valence-corrected chi connectivity index (χ2v) is 6.30. The largest absolute Gasteiger partial charge is 0.337 e. The van der Waals surface area contributed by atoms with Gasteiger partial charge in [-0.1, -0.05) is 46.8 Å². The predicted molar refractivity (Wildman–Crippen MR) is 75.5 cm³/mol. The van der Waals surface area contributed by atoms with E-state index in [2.05, 4.69) is 10.3 Å². The number of Topliss-reactive ketones (excluding diaryl/α,β-unsaturated/α-hetero) is 1. The number of rotatable bonds is 2. The number of anilines is 1. The van der Waals surface area contributed by atoms with Crippen molar-refractivity contribution < 1.29 is 4.79 Å². The summed E-state index contributed by atoms with van der Waals surface area (Å²) in [5, 5.41) is 3.67. The molecule has 1 aromatic carbocycles. The minimum absolute atomic E-state index is 0.0470. The molecule has 3 rings (SSSR count). The summed E-state index contributed by atoms with van der Waals surface area (Å²) in [7, 11) is 0. The lowest BCUT2D eigenvalue weighted by Gasteiger charge is -1.95. The van der Waals surface area contributed by atoms with E-state index in [1.54, 1.807) is 12.4 Å². The summed E-state index contributed by atoms with van der Waals surface area (Å²) in [4.78, 5) is 17.8. The van der Waals surface area contributed by atoms with Crippen molar-refractivity contribution in [3.8, 4) is 0 Å². The average Bonchev–Trinajstić information content (AvgIpc) is 2.92. The molecule has 1 aliphatic heterocycles. The van der Waals surface area contributed by atoms with Crippen molar-refractivity contribution in [2.45, 2.75) is 4.90 Å². The maximum absolute atomic E-state index is 12.1. The monoisotopic (exact) mass is 294 g/mol. The van der Waals surface area contributed by atoms with E-state index in [9.17, 15) is 4.79 Å². The molecule has 0 bridgehead atoms. The third kappa shape index (κ3) is 2.16. The van der Waals surface area contributed by atoms with Crippen molar-refractivity contribution in [1.82, 2.24) is 4.98 Å². The number of aromatic nitrogens is 1. The van der Waals surface area contributed by atoms with Crippen molar-refractivity contribution in [2.75, 3.05) is 5.32 Å². The van der Waals surface area contributed by atoms with E-state index in [1.807, 2.05) is 24.3 Å². The Labute approximate surface area is 117 Å². The van der Waals surface area contributed by atoms with Crippen LogP contribution in [0.3, 0.4) is 0 Å². The second-order valence-electron chi connectivity index (χ2n) is 3.55. The number of nitrogens with one attached hydrogen (secondary N) is 1. The maximum atomic E-state index is 12.1. The normalized spacial score (nSPS) is 16.1. The fourth-order valence-electron chi connectivity index (χ4n) is 1.58. The van der Waals surface area contributed by atoms with E-state index in [1.165, 1.54) is 23.1 Å². The molecule has 0 spiro atoms. The van der Waals surface area contributed by atoms with Crippen LogP contribution in [-0.2, 0) is 0 Å². The number of benzene rings is 1. The van der Waals surface area contributed by atoms with Crippen LogP contribution in [0.25, 0.3) is 0 Å². The van der Waals surface area contributed by atoms with Gasteiger partial charge in [-0.2, -0.15) is 0 Å². The Morgan fingerprint density at radius 1 is 1.33 bits per heavy atom. The first-order chi connectivity index (χ1) is 8.74. The third-order valence-corrected chi connectivity index (χ3v) is 4.52. The van der Waals surface area contributed by atoms with Gasteiger partial charge in [0.15, 0.2) is 5.13 Å². The number of nitrogens with zero attached hydrogens (tertiary/aromatic N) is 1. The van der Waals surface area contributed by atoms with E-state index in [4.69, 9.17) is 11.6 Å². The van der Waals surface area contributed by atoms with E-state index >= 15 is 0 Å². The summed E-state index contributed by atoms with van der Waals surface area (Å²) in [5.41, 5.74) is 0.757. The Kier molecular flexibility index (Phi) is 3.11. The highest BCUT2D eigenvalue weighted by Crippen LogP contribution is 2.39. The minimum Gasteiger partial charge on any atom is -0.337 e. The molecule has 0 aliphatic carbocycles. The molecule has 2 heterocycles. The number of carbonyl (C=O) groups excluding carboxylic acids is 1. The summed E-state index contributed by atoms with van der Waals surface area (Å²) in [5.74, 6) is 0.0470. The summed E-state index contributed by atoms with van der Waals surface area (Å²) in [6.45, 7) is 0. The lowest BCUT2D eigenvalue weighted by atomic mass is 10.1. The van der Waals surface area contributed by atoms with Gasteiger partial charge in [0.05, 0.1) is 11.1 Å². The third-order valence-electron chi connectivity index (χ3n) is 2.38. The van der Waals surface area contributed by atoms with Gasteiger partial charge in [0.2, 0.25) is 5.78 Å². The lowest BCUT2D eigenvalue weighted by molar-refractivity contribution is 0.104. The standard InChI is InChI=1S/C12H7ClN2OS2/c13-10-6-15-12(18-10)14-5-9-11(16)7-3-1-2-4-8(7)17-9/h1-6H,(H,14,15)/b9-5-. The molecule has 18 heavy (non-hydrogen) atoms. The van der Waals surface area contributed by atoms with Crippen LogP contribution in [0.5, 0.6) is 0 Å². The molecule has 3 nitrogen and oxygen atoms in total. The van der Waals surface area contributed by atoms with Gasteiger partial charge < -0.3 is 5.32 Å². The first-order valence-electron chi connectivity index (χ1n) is 5.13. The molecule has 0 unspecified atom stereocenters. The number of ketones is 1. The van der Waals surface area contributed by atoms with Crippen molar-refractivity contribution in [2.24, 2.45) is 0 Å². The van der Waals surface area contributed by atoms with Gasteiger partial charge >= 0.3 is 0 Å². The molecule has 1 N–H and O–H groups in total. The Morgan fingerprint density at radius 2 is 2.17 bits per heavy atom. The summed E-state index contributed by atoms with van der Waals surface area (Å²) in [6, 6.07) is 7.58. The predicted octanol–water partition coefficient (Wildman–Crippen LogP) is 4.04. The zero-order valence-corrected chi connectivity index (χ0v) is 11.4. The van der Waals surface area contributed by atoms with Gasteiger partial charge in [-0.15, -0.1) is 0 Å². The Hall–Kier alpha value is -1.30. The van der Waals surface area contributed by atoms with Gasteiger partial charge in [0, 0.05) is 16.7 Å². The smallest absolute Gasteiger partial charge is 0.202 e. The molecule has 0 amide bonds. The molecule has 1 aromatic heterocycles. The van der Waals surface area contributed by atoms with Crippen molar-refractivity contribution in [1.29, 1.82) is 0 Å². The van der Waals surface area contributed by atoms with Crippen molar-refractivity contribution in [3.05, 3.63) is 51.5 Å². The first-order valence-corrected chi connectivity index (χ1v) is 7.15. The minimum atomic E-state index is 0.0470. The number of thioether (sulfide) groups is 1. The van der Waals surface area contributed by atoms with Gasteiger partial charge in [-0.05, 0) is 12.1 Å². The van der Waals surface area contributed by atoms with Crippen LogP contribution in [-0.4, -0.2) is 10.8 Å². The molecule has 90 valence electrons. The summed E-state index contributed by atoms with van der Waals surface area (Å²) < 4.78 is 0.615. The SMILES string of the molecule is O=C1/C(=C/Nc2ncc(Cl)s2)Sc2ccccc21. The number of carbonyl (C=O) groups is 1. The van der Waals surface area contributed by atoms with Crippen LogP contribution in [0, 0.1) is 0 Å². The van der Waals surface area contributed by atoms with E-state index in [0.29, 0.717) is 14.4 Å². The molecular formula is C12H7ClN2OS2. The number of allylic oxidation sites excluding steroid dienone is 1.